The van der Waals surface area contributed by atoms with Crippen LogP contribution in [0.1, 0.15) is 21.9 Å². The zero-order valence-corrected chi connectivity index (χ0v) is 9.59. The summed E-state index contributed by atoms with van der Waals surface area (Å²) in [6.45, 7) is -0.310. The lowest BCUT2D eigenvalue weighted by Gasteiger charge is -2.08. The third-order valence-electron chi connectivity index (χ3n) is 2.29. The van der Waals surface area contributed by atoms with Gasteiger partial charge in [-0.3, -0.25) is 4.68 Å². The summed E-state index contributed by atoms with van der Waals surface area (Å²) in [6, 6.07) is 1.50. The molecule has 0 aliphatic heterocycles. The van der Waals surface area contributed by atoms with Crippen LogP contribution in [0, 0.1) is 0 Å². The molecule has 0 fully saturated rings. The predicted octanol–water partition coefficient (Wildman–Crippen LogP) is 0.777. The van der Waals surface area contributed by atoms with Gasteiger partial charge in [0.15, 0.2) is 5.69 Å². The number of carboxylic acids is 1. The van der Waals surface area contributed by atoms with Crippen molar-refractivity contribution < 1.29 is 23.1 Å². The summed E-state index contributed by atoms with van der Waals surface area (Å²) in [4.78, 5) is 10.7. The standard InChI is InChI=1S/C9H8F3N5O2/c1-16-3-2-5(14-16)4-17-7(9(10,11)12)6(8(18)19)13-15-17/h2-3H,4H2,1H3,(H,18,19). The first-order chi connectivity index (χ1) is 8.79. The molecule has 0 saturated carbocycles. The zero-order valence-electron chi connectivity index (χ0n) is 9.59. The Labute approximate surface area is 104 Å². The van der Waals surface area contributed by atoms with Gasteiger partial charge in [-0.1, -0.05) is 5.21 Å². The molecule has 2 rings (SSSR count). The molecule has 10 heteroatoms. The molecule has 0 atom stereocenters. The van der Waals surface area contributed by atoms with Crippen molar-refractivity contribution in [1.82, 2.24) is 24.8 Å². The molecule has 0 saturated heterocycles. The molecule has 0 amide bonds. The normalized spacial score (nSPS) is 11.8. The van der Waals surface area contributed by atoms with Gasteiger partial charge in [-0.05, 0) is 6.07 Å². The Balaban J connectivity index is 2.43. The Bertz CT molecular complexity index is 616. The minimum absolute atomic E-state index is 0.310. The lowest BCUT2D eigenvalue weighted by atomic mass is 10.3. The molecule has 0 aliphatic carbocycles. The van der Waals surface area contributed by atoms with E-state index in [2.05, 4.69) is 15.4 Å². The Morgan fingerprint density at radius 1 is 1.47 bits per heavy atom. The van der Waals surface area contributed by atoms with Crippen molar-refractivity contribution in [3.05, 3.63) is 29.3 Å². The molecular formula is C9H8F3N5O2. The van der Waals surface area contributed by atoms with Gasteiger partial charge in [-0.15, -0.1) is 5.10 Å². The number of halogens is 3. The van der Waals surface area contributed by atoms with E-state index >= 15 is 0 Å². The minimum atomic E-state index is -4.86. The summed E-state index contributed by atoms with van der Waals surface area (Å²) < 4.78 is 40.4. The Kier molecular flexibility index (Phi) is 3.00. The Morgan fingerprint density at radius 3 is 2.63 bits per heavy atom. The molecule has 0 aromatic carbocycles. The molecule has 0 bridgehead atoms. The molecule has 2 heterocycles. The fourth-order valence-electron chi connectivity index (χ4n) is 1.55. The lowest BCUT2D eigenvalue weighted by molar-refractivity contribution is -0.144. The van der Waals surface area contributed by atoms with E-state index in [9.17, 15) is 18.0 Å². The monoisotopic (exact) mass is 275 g/mol. The number of nitrogens with zero attached hydrogens (tertiary/aromatic N) is 5. The molecule has 1 N–H and O–H groups in total. The van der Waals surface area contributed by atoms with Crippen molar-refractivity contribution in [3.63, 3.8) is 0 Å². The van der Waals surface area contributed by atoms with Gasteiger partial charge in [0.05, 0.1) is 12.2 Å². The summed E-state index contributed by atoms with van der Waals surface area (Å²) in [7, 11) is 1.61. The fraction of sp³-hybridized carbons (Fsp3) is 0.333. The van der Waals surface area contributed by atoms with Crippen molar-refractivity contribution in [1.29, 1.82) is 0 Å². The number of hydrogen-bond donors (Lipinski definition) is 1. The van der Waals surface area contributed by atoms with Crippen LogP contribution in [0.4, 0.5) is 13.2 Å². The van der Waals surface area contributed by atoms with E-state index in [4.69, 9.17) is 5.11 Å². The number of aryl methyl sites for hydroxylation is 1. The lowest BCUT2D eigenvalue weighted by Crippen LogP contribution is -2.19. The van der Waals surface area contributed by atoms with Crippen LogP contribution in [0.5, 0.6) is 0 Å². The topological polar surface area (TPSA) is 85.8 Å². The molecule has 2 aromatic heterocycles. The maximum Gasteiger partial charge on any atom is 0.435 e. The summed E-state index contributed by atoms with van der Waals surface area (Å²) in [5.74, 6) is -1.78. The zero-order chi connectivity index (χ0) is 14.2. The number of rotatable bonds is 3. The summed E-state index contributed by atoms with van der Waals surface area (Å²) in [6.07, 6.45) is -3.30. The number of aromatic nitrogens is 5. The van der Waals surface area contributed by atoms with E-state index in [0.717, 1.165) is 0 Å². The number of hydrogen-bond acceptors (Lipinski definition) is 4. The highest BCUT2D eigenvalue weighted by Gasteiger charge is 2.41. The van der Waals surface area contributed by atoms with Gasteiger partial charge in [0, 0.05) is 13.2 Å². The molecule has 7 nitrogen and oxygen atoms in total. The second-order valence-electron chi connectivity index (χ2n) is 3.73. The molecular weight excluding hydrogens is 267 g/mol. The maximum absolute atomic E-state index is 12.8. The first-order valence-electron chi connectivity index (χ1n) is 5.01. The third-order valence-corrected chi connectivity index (χ3v) is 2.29. The van der Waals surface area contributed by atoms with Crippen LogP contribution in [0.3, 0.4) is 0 Å². The first kappa shape index (κ1) is 13.1. The SMILES string of the molecule is Cn1ccc(Cn2nnc(C(=O)O)c2C(F)(F)F)n1. The highest BCUT2D eigenvalue weighted by atomic mass is 19.4. The Hall–Kier alpha value is -2.39. The second kappa shape index (κ2) is 4.37. The molecule has 0 radical (unpaired) electrons. The van der Waals surface area contributed by atoms with Gasteiger partial charge in [0.2, 0.25) is 5.69 Å². The van der Waals surface area contributed by atoms with Crippen LogP contribution in [0.25, 0.3) is 0 Å². The van der Waals surface area contributed by atoms with Gasteiger partial charge in [-0.25, -0.2) is 9.48 Å². The smallest absolute Gasteiger partial charge is 0.435 e. The fourth-order valence-corrected chi connectivity index (χ4v) is 1.55. The summed E-state index contributed by atoms with van der Waals surface area (Å²) >= 11 is 0. The van der Waals surface area contributed by atoms with Crippen LogP contribution >= 0.6 is 0 Å². The van der Waals surface area contributed by atoms with Gasteiger partial charge in [0.1, 0.15) is 0 Å². The van der Waals surface area contributed by atoms with Crippen LogP contribution in [-0.4, -0.2) is 35.9 Å². The van der Waals surface area contributed by atoms with E-state index < -0.39 is 23.5 Å². The van der Waals surface area contributed by atoms with Crippen molar-refractivity contribution >= 4 is 5.97 Å². The van der Waals surface area contributed by atoms with E-state index in [0.29, 0.717) is 10.4 Å². The minimum Gasteiger partial charge on any atom is -0.476 e. The second-order valence-corrected chi connectivity index (χ2v) is 3.73. The summed E-state index contributed by atoms with van der Waals surface area (Å²) in [5.41, 5.74) is -2.20. The number of carbonyl (C=O) groups is 1. The first-order valence-corrected chi connectivity index (χ1v) is 5.01. The number of aromatic carboxylic acids is 1. The number of alkyl halides is 3. The predicted molar refractivity (Wildman–Crippen MR) is 54.3 cm³/mol. The van der Waals surface area contributed by atoms with Crippen molar-refractivity contribution in [3.8, 4) is 0 Å². The largest absolute Gasteiger partial charge is 0.476 e. The van der Waals surface area contributed by atoms with E-state index in [1.165, 1.54) is 10.7 Å². The quantitative estimate of drug-likeness (QED) is 0.894. The number of carboxylic acid groups (broad SMARTS) is 1. The molecule has 2 aromatic rings. The molecule has 0 aliphatic rings. The molecule has 102 valence electrons. The van der Waals surface area contributed by atoms with Gasteiger partial charge in [-0.2, -0.15) is 18.3 Å². The van der Waals surface area contributed by atoms with Crippen LogP contribution in [0.15, 0.2) is 12.3 Å². The highest BCUT2D eigenvalue weighted by molar-refractivity contribution is 5.86. The van der Waals surface area contributed by atoms with Crippen LogP contribution in [0.2, 0.25) is 0 Å². The van der Waals surface area contributed by atoms with Crippen LogP contribution < -0.4 is 0 Å². The average Bonchev–Trinajstić information content (AvgIpc) is 2.84. The van der Waals surface area contributed by atoms with E-state index in [1.54, 1.807) is 13.2 Å². The van der Waals surface area contributed by atoms with Gasteiger partial charge < -0.3 is 5.11 Å². The highest BCUT2D eigenvalue weighted by Crippen LogP contribution is 2.31. The van der Waals surface area contributed by atoms with Gasteiger partial charge in [0.25, 0.3) is 0 Å². The van der Waals surface area contributed by atoms with Crippen molar-refractivity contribution in [2.45, 2.75) is 12.7 Å². The molecule has 19 heavy (non-hydrogen) atoms. The molecule has 0 unspecified atom stereocenters. The molecule has 0 spiro atoms. The van der Waals surface area contributed by atoms with Gasteiger partial charge >= 0.3 is 12.1 Å². The third kappa shape index (κ3) is 2.56. The van der Waals surface area contributed by atoms with E-state index in [-0.39, 0.29) is 6.54 Å². The van der Waals surface area contributed by atoms with Crippen molar-refractivity contribution in [2.75, 3.05) is 0 Å². The van der Waals surface area contributed by atoms with Crippen molar-refractivity contribution in [2.24, 2.45) is 7.05 Å². The van der Waals surface area contributed by atoms with Crippen LogP contribution in [-0.2, 0) is 19.8 Å². The average molecular weight is 275 g/mol. The Morgan fingerprint density at radius 2 is 2.16 bits per heavy atom. The van der Waals surface area contributed by atoms with E-state index in [1.807, 2.05) is 0 Å². The summed E-state index contributed by atoms with van der Waals surface area (Å²) in [5, 5.41) is 18.8. The maximum atomic E-state index is 12.8.